The Morgan fingerprint density at radius 3 is 2.00 bits per heavy atom. The van der Waals surface area contributed by atoms with Crippen molar-refractivity contribution >= 4 is 21.8 Å². The first-order chi connectivity index (χ1) is 14.5. The van der Waals surface area contributed by atoms with Crippen LogP contribution in [0, 0.1) is 0 Å². The van der Waals surface area contributed by atoms with E-state index in [1.807, 2.05) is 35.2 Å². The van der Waals surface area contributed by atoms with Crippen LogP contribution in [0.1, 0.15) is 16.1 Å². The van der Waals surface area contributed by atoms with E-state index in [-0.39, 0.29) is 10.8 Å². The molecule has 0 radical (unpaired) electrons. The highest BCUT2D eigenvalue weighted by atomic mass is 32.2. The lowest BCUT2D eigenvalue weighted by molar-refractivity contribution is 0.0660. The van der Waals surface area contributed by atoms with E-state index in [4.69, 9.17) is 4.42 Å². The molecule has 0 aliphatic carbocycles. The summed E-state index contributed by atoms with van der Waals surface area (Å²) >= 11 is 0. The first-order valence-electron chi connectivity index (χ1n) is 9.58. The summed E-state index contributed by atoms with van der Waals surface area (Å²) in [7, 11) is -3.87. The smallest absolute Gasteiger partial charge is 0.289 e. The van der Waals surface area contributed by atoms with Crippen molar-refractivity contribution in [2.24, 2.45) is 4.40 Å². The van der Waals surface area contributed by atoms with Crippen LogP contribution in [0.5, 0.6) is 0 Å². The quantitative estimate of drug-likeness (QED) is 0.476. The first kappa shape index (κ1) is 19.9. The standard InChI is InChI=1S/C22H21N3O4S/c26-22(20-12-7-17-29-20)25-15-13-24(14-16-25)21(18-8-3-1-4-9-18)23-30(27,28)19-10-5-2-6-11-19/h1-12,17H,13-16H2/b23-21-. The Morgan fingerprint density at radius 1 is 0.800 bits per heavy atom. The van der Waals surface area contributed by atoms with E-state index >= 15 is 0 Å². The molecule has 0 N–H and O–H groups in total. The zero-order valence-electron chi connectivity index (χ0n) is 16.2. The second kappa shape index (κ2) is 8.54. The van der Waals surface area contributed by atoms with E-state index in [0.29, 0.717) is 43.3 Å². The van der Waals surface area contributed by atoms with Gasteiger partial charge in [0.25, 0.3) is 15.9 Å². The summed E-state index contributed by atoms with van der Waals surface area (Å²) in [6.07, 6.45) is 1.47. The van der Waals surface area contributed by atoms with E-state index in [9.17, 15) is 13.2 Å². The molecule has 0 unspecified atom stereocenters. The molecule has 0 atom stereocenters. The number of sulfonamides is 1. The van der Waals surface area contributed by atoms with Gasteiger partial charge in [0.05, 0.1) is 11.2 Å². The molecule has 8 heteroatoms. The molecule has 1 amide bonds. The number of hydrogen-bond acceptors (Lipinski definition) is 4. The molecule has 0 spiro atoms. The maximum atomic E-state index is 12.9. The van der Waals surface area contributed by atoms with E-state index in [1.54, 1.807) is 35.2 Å². The third kappa shape index (κ3) is 4.28. The van der Waals surface area contributed by atoms with Crippen LogP contribution in [0.4, 0.5) is 0 Å². The third-order valence-electron chi connectivity index (χ3n) is 4.88. The van der Waals surface area contributed by atoms with Crippen molar-refractivity contribution in [3.63, 3.8) is 0 Å². The monoisotopic (exact) mass is 423 g/mol. The lowest BCUT2D eigenvalue weighted by Crippen LogP contribution is -2.51. The topological polar surface area (TPSA) is 83.2 Å². The van der Waals surface area contributed by atoms with Crippen LogP contribution in [0.3, 0.4) is 0 Å². The van der Waals surface area contributed by atoms with Crippen LogP contribution < -0.4 is 0 Å². The van der Waals surface area contributed by atoms with Gasteiger partial charge in [-0.05, 0) is 24.3 Å². The summed E-state index contributed by atoms with van der Waals surface area (Å²) in [5.41, 5.74) is 0.711. The second-order valence-electron chi connectivity index (χ2n) is 6.83. The average Bonchev–Trinajstić information content (AvgIpc) is 3.33. The fraction of sp³-hybridized carbons (Fsp3) is 0.182. The molecule has 1 aromatic heterocycles. The minimum Gasteiger partial charge on any atom is -0.459 e. The Balaban J connectivity index is 1.60. The predicted octanol–water partition coefficient (Wildman–Crippen LogP) is 2.87. The summed E-state index contributed by atoms with van der Waals surface area (Å²) in [5.74, 6) is 0.506. The van der Waals surface area contributed by atoms with E-state index in [1.165, 1.54) is 18.4 Å². The van der Waals surface area contributed by atoms with E-state index < -0.39 is 10.0 Å². The van der Waals surface area contributed by atoms with Gasteiger partial charge in [-0.3, -0.25) is 4.79 Å². The second-order valence-corrected chi connectivity index (χ2v) is 8.43. The summed E-state index contributed by atoms with van der Waals surface area (Å²) in [6, 6.07) is 20.7. The van der Waals surface area contributed by atoms with Crippen molar-refractivity contribution < 1.29 is 17.6 Å². The zero-order chi connectivity index (χ0) is 21.0. The number of carbonyl (C=O) groups excluding carboxylic acids is 1. The molecule has 3 aromatic rings. The highest BCUT2D eigenvalue weighted by molar-refractivity contribution is 7.90. The van der Waals surface area contributed by atoms with Gasteiger partial charge in [0.15, 0.2) is 5.76 Å². The molecular weight excluding hydrogens is 402 g/mol. The van der Waals surface area contributed by atoms with Gasteiger partial charge in [-0.1, -0.05) is 48.5 Å². The van der Waals surface area contributed by atoms with E-state index in [0.717, 1.165) is 0 Å². The molecule has 0 saturated carbocycles. The molecule has 1 saturated heterocycles. The van der Waals surface area contributed by atoms with Gasteiger partial charge in [0, 0.05) is 31.7 Å². The fourth-order valence-electron chi connectivity index (χ4n) is 3.32. The van der Waals surface area contributed by atoms with Crippen LogP contribution >= 0.6 is 0 Å². The Kier molecular flexibility index (Phi) is 5.67. The molecule has 2 aromatic carbocycles. The number of piperazine rings is 1. The minimum atomic E-state index is -3.87. The number of carbonyl (C=O) groups is 1. The molecular formula is C22H21N3O4S. The molecule has 7 nitrogen and oxygen atoms in total. The van der Waals surface area contributed by atoms with Crippen molar-refractivity contribution in [3.8, 4) is 0 Å². The number of benzene rings is 2. The van der Waals surface area contributed by atoms with Gasteiger partial charge in [0.1, 0.15) is 5.84 Å². The lowest BCUT2D eigenvalue weighted by atomic mass is 10.1. The van der Waals surface area contributed by atoms with Gasteiger partial charge >= 0.3 is 0 Å². The Hall–Kier alpha value is -3.39. The summed E-state index contributed by atoms with van der Waals surface area (Å²) < 4.78 is 35.2. The van der Waals surface area contributed by atoms with Gasteiger partial charge in [-0.25, -0.2) is 0 Å². The van der Waals surface area contributed by atoms with Crippen LogP contribution in [0.25, 0.3) is 0 Å². The molecule has 1 fully saturated rings. The molecule has 1 aliphatic heterocycles. The van der Waals surface area contributed by atoms with Crippen LogP contribution in [0.2, 0.25) is 0 Å². The van der Waals surface area contributed by atoms with Crippen molar-refractivity contribution in [1.29, 1.82) is 0 Å². The Bertz CT molecular complexity index is 1120. The number of amides is 1. The summed E-state index contributed by atoms with van der Waals surface area (Å²) in [5, 5.41) is 0. The van der Waals surface area contributed by atoms with Gasteiger partial charge in [0.2, 0.25) is 0 Å². The van der Waals surface area contributed by atoms with Crippen molar-refractivity contribution in [2.75, 3.05) is 26.2 Å². The molecule has 0 bridgehead atoms. The van der Waals surface area contributed by atoms with Gasteiger partial charge in [-0.15, -0.1) is 4.40 Å². The van der Waals surface area contributed by atoms with Crippen LogP contribution in [-0.4, -0.2) is 56.1 Å². The minimum absolute atomic E-state index is 0.144. The molecule has 154 valence electrons. The maximum absolute atomic E-state index is 12.9. The van der Waals surface area contributed by atoms with Crippen LogP contribution in [-0.2, 0) is 10.0 Å². The highest BCUT2D eigenvalue weighted by Gasteiger charge is 2.27. The SMILES string of the molecule is O=C(c1ccco1)N1CCN(/C(=N\S(=O)(=O)c2ccccc2)c2ccccc2)CC1. The Morgan fingerprint density at radius 2 is 1.40 bits per heavy atom. The first-order valence-corrected chi connectivity index (χ1v) is 11.0. The molecule has 4 rings (SSSR count). The number of furan rings is 1. The average molecular weight is 423 g/mol. The third-order valence-corrected chi connectivity index (χ3v) is 6.16. The summed E-state index contributed by atoms with van der Waals surface area (Å²) in [6.45, 7) is 1.81. The largest absolute Gasteiger partial charge is 0.459 e. The van der Waals surface area contributed by atoms with Crippen molar-refractivity contribution in [2.45, 2.75) is 4.90 Å². The zero-order valence-corrected chi connectivity index (χ0v) is 17.0. The Labute approximate surface area is 175 Å². The molecule has 30 heavy (non-hydrogen) atoms. The normalized spacial score (nSPS) is 15.3. The molecule has 1 aliphatic rings. The van der Waals surface area contributed by atoms with Gasteiger partial charge in [-0.2, -0.15) is 8.42 Å². The van der Waals surface area contributed by atoms with Gasteiger partial charge < -0.3 is 14.2 Å². The fourth-order valence-corrected chi connectivity index (χ4v) is 4.37. The number of amidine groups is 1. The number of hydrogen-bond donors (Lipinski definition) is 0. The maximum Gasteiger partial charge on any atom is 0.289 e. The number of nitrogens with zero attached hydrogens (tertiary/aromatic N) is 3. The lowest BCUT2D eigenvalue weighted by Gasteiger charge is -2.36. The highest BCUT2D eigenvalue weighted by Crippen LogP contribution is 2.17. The van der Waals surface area contributed by atoms with Crippen molar-refractivity contribution in [1.82, 2.24) is 9.80 Å². The number of rotatable bonds is 4. The molecule has 2 heterocycles. The predicted molar refractivity (Wildman–Crippen MR) is 113 cm³/mol. The van der Waals surface area contributed by atoms with Crippen molar-refractivity contribution in [3.05, 3.63) is 90.4 Å². The van der Waals surface area contributed by atoms with E-state index in [2.05, 4.69) is 4.40 Å². The van der Waals surface area contributed by atoms with Crippen LogP contribution in [0.15, 0.2) is 92.8 Å². The summed E-state index contributed by atoms with van der Waals surface area (Å²) in [4.78, 5) is 16.3.